The van der Waals surface area contributed by atoms with E-state index in [-0.39, 0.29) is 11.4 Å². The summed E-state index contributed by atoms with van der Waals surface area (Å²) in [5.41, 5.74) is -0.0559. The molecule has 0 aromatic rings. The number of ether oxygens (including phenoxy) is 1. The topological polar surface area (TPSA) is 38.3 Å². The van der Waals surface area contributed by atoms with Gasteiger partial charge in [0.25, 0.3) is 0 Å². The van der Waals surface area contributed by atoms with E-state index in [2.05, 4.69) is 5.32 Å². The average molecular weight is 155 g/mol. The quantitative estimate of drug-likeness (QED) is 0.623. The third-order valence-electron chi connectivity index (χ3n) is 2.21. The van der Waals surface area contributed by atoms with E-state index in [0.717, 1.165) is 12.8 Å². The molecule has 0 unspecified atom stereocenters. The Morgan fingerprint density at radius 2 is 2.18 bits per heavy atom. The van der Waals surface area contributed by atoms with Crippen LogP contribution in [0.4, 0.5) is 0 Å². The molecule has 0 aromatic heterocycles. The van der Waals surface area contributed by atoms with Crippen LogP contribution in [0.1, 0.15) is 19.8 Å². The van der Waals surface area contributed by atoms with Gasteiger partial charge in [-0.3, -0.25) is 4.79 Å². The Labute approximate surface area is 66.1 Å². The molecule has 0 bridgehead atoms. The molecule has 1 heterocycles. The molecule has 1 saturated heterocycles. The van der Waals surface area contributed by atoms with Crippen molar-refractivity contribution in [1.29, 1.82) is 0 Å². The smallest absolute Gasteiger partial charge is 0.223 e. The zero-order chi connectivity index (χ0) is 7.90. The Kier molecular flexibility index (Phi) is 1.42. The van der Waals surface area contributed by atoms with Gasteiger partial charge in [-0.15, -0.1) is 0 Å². The number of carbonyl (C=O) groups is 1. The molecule has 3 nitrogen and oxygen atoms in total. The lowest BCUT2D eigenvalue weighted by Gasteiger charge is -2.38. The van der Waals surface area contributed by atoms with Crippen molar-refractivity contribution in [3.63, 3.8) is 0 Å². The minimum Gasteiger partial charge on any atom is -0.376 e. The van der Waals surface area contributed by atoms with Crippen molar-refractivity contribution in [2.45, 2.75) is 25.3 Å². The van der Waals surface area contributed by atoms with E-state index in [4.69, 9.17) is 4.74 Å². The summed E-state index contributed by atoms with van der Waals surface area (Å²) < 4.78 is 5.02. The number of hydrogen-bond donors (Lipinski definition) is 1. The first kappa shape index (κ1) is 7.10. The summed E-state index contributed by atoms with van der Waals surface area (Å²) in [7, 11) is 0. The SMILES string of the molecule is CC1(NC(=O)C2CC2)COC1. The van der Waals surface area contributed by atoms with Crippen LogP contribution >= 0.6 is 0 Å². The van der Waals surface area contributed by atoms with Gasteiger partial charge in [0.1, 0.15) is 0 Å². The van der Waals surface area contributed by atoms with Gasteiger partial charge in [0, 0.05) is 5.92 Å². The second-order valence-corrected chi connectivity index (χ2v) is 3.82. The van der Waals surface area contributed by atoms with Gasteiger partial charge in [-0.25, -0.2) is 0 Å². The molecule has 2 rings (SSSR count). The highest BCUT2D eigenvalue weighted by Gasteiger charge is 2.39. The van der Waals surface area contributed by atoms with Crippen LogP contribution in [0.25, 0.3) is 0 Å². The summed E-state index contributed by atoms with van der Waals surface area (Å²) in [5.74, 6) is 0.531. The lowest BCUT2D eigenvalue weighted by molar-refractivity contribution is -0.132. The van der Waals surface area contributed by atoms with Crippen molar-refractivity contribution < 1.29 is 9.53 Å². The normalized spacial score (nSPS) is 27.4. The molecular formula is C8H13NO2. The predicted molar refractivity (Wildman–Crippen MR) is 40.1 cm³/mol. The van der Waals surface area contributed by atoms with Crippen LogP contribution < -0.4 is 5.32 Å². The lowest BCUT2D eigenvalue weighted by atomic mass is 10.0. The van der Waals surface area contributed by atoms with Gasteiger partial charge in [-0.05, 0) is 19.8 Å². The Bertz CT molecular complexity index is 183. The first-order valence-corrected chi connectivity index (χ1v) is 4.09. The highest BCUT2D eigenvalue weighted by atomic mass is 16.5. The van der Waals surface area contributed by atoms with Crippen molar-refractivity contribution in [3.05, 3.63) is 0 Å². The first-order valence-electron chi connectivity index (χ1n) is 4.09. The summed E-state index contributed by atoms with van der Waals surface area (Å²) in [6, 6.07) is 0. The van der Waals surface area contributed by atoms with E-state index in [1.165, 1.54) is 0 Å². The number of rotatable bonds is 2. The molecule has 2 fully saturated rings. The molecule has 11 heavy (non-hydrogen) atoms. The fourth-order valence-electron chi connectivity index (χ4n) is 1.23. The monoisotopic (exact) mass is 155 g/mol. The molecule has 2 aliphatic rings. The van der Waals surface area contributed by atoms with E-state index in [0.29, 0.717) is 19.1 Å². The van der Waals surface area contributed by atoms with E-state index in [1.54, 1.807) is 0 Å². The minimum absolute atomic E-state index is 0.0559. The maximum Gasteiger partial charge on any atom is 0.223 e. The van der Waals surface area contributed by atoms with Gasteiger partial charge in [0.05, 0.1) is 18.8 Å². The fourth-order valence-corrected chi connectivity index (χ4v) is 1.23. The highest BCUT2D eigenvalue weighted by molar-refractivity contribution is 5.81. The summed E-state index contributed by atoms with van der Waals surface area (Å²) in [5, 5.41) is 2.99. The molecule has 1 aliphatic heterocycles. The second-order valence-electron chi connectivity index (χ2n) is 3.82. The standard InChI is InChI=1S/C8H13NO2/c1-8(4-11-5-8)9-7(10)6-2-3-6/h6H,2-5H2,1H3,(H,9,10). The lowest BCUT2D eigenvalue weighted by Crippen LogP contribution is -2.60. The van der Waals surface area contributed by atoms with Crippen LogP contribution in [0.5, 0.6) is 0 Å². The van der Waals surface area contributed by atoms with Gasteiger partial charge in [-0.2, -0.15) is 0 Å². The molecule has 1 saturated carbocycles. The molecule has 1 amide bonds. The molecule has 0 spiro atoms. The molecule has 1 aliphatic carbocycles. The molecular weight excluding hydrogens is 142 g/mol. The van der Waals surface area contributed by atoms with E-state index in [9.17, 15) is 4.79 Å². The van der Waals surface area contributed by atoms with Crippen LogP contribution in [0.2, 0.25) is 0 Å². The molecule has 0 aromatic carbocycles. The van der Waals surface area contributed by atoms with E-state index in [1.807, 2.05) is 6.92 Å². The maximum atomic E-state index is 11.2. The van der Waals surface area contributed by atoms with Crippen LogP contribution in [-0.4, -0.2) is 24.7 Å². The predicted octanol–water partition coefficient (Wildman–Crippen LogP) is 0.302. The molecule has 0 atom stereocenters. The number of carbonyl (C=O) groups excluding carboxylic acids is 1. The van der Waals surface area contributed by atoms with Gasteiger partial charge in [0.2, 0.25) is 5.91 Å². The van der Waals surface area contributed by atoms with Gasteiger partial charge < -0.3 is 10.1 Å². The number of nitrogens with one attached hydrogen (secondary N) is 1. The van der Waals surface area contributed by atoms with Gasteiger partial charge in [-0.1, -0.05) is 0 Å². The average Bonchev–Trinajstić information content (AvgIpc) is 2.64. The zero-order valence-corrected chi connectivity index (χ0v) is 6.72. The van der Waals surface area contributed by atoms with Crippen molar-refractivity contribution in [3.8, 4) is 0 Å². The summed E-state index contributed by atoms with van der Waals surface area (Å²) >= 11 is 0. The highest BCUT2D eigenvalue weighted by Crippen LogP contribution is 2.30. The number of amides is 1. The van der Waals surface area contributed by atoms with Gasteiger partial charge in [0.15, 0.2) is 0 Å². The summed E-state index contributed by atoms with van der Waals surface area (Å²) in [6.45, 7) is 3.37. The Balaban J connectivity index is 1.83. The van der Waals surface area contributed by atoms with Gasteiger partial charge >= 0.3 is 0 Å². The zero-order valence-electron chi connectivity index (χ0n) is 6.72. The fraction of sp³-hybridized carbons (Fsp3) is 0.875. The Hall–Kier alpha value is -0.570. The van der Waals surface area contributed by atoms with E-state index < -0.39 is 0 Å². The minimum atomic E-state index is -0.0559. The first-order chi connectivity index (χ1) is 5.20. The number of hydrogen-bond acceptors (Lipinski definition) is 2. The van der Waals surface area contributed by atoms with Crippen molar-refractivity contribution in [1.82, 2.24) is 5.32 Å². The third kappa shape index (κ3) is 1.38. The van der Waals surface area contributed by atoms with Crippen molar-refractivity contribution in [2.75, 3.05) is 13.2 Å². The maximum absolute atomic E-state index is 11.2. The Morgan fingerprint density at radius 3 is 2.55 bits per heavy atom. The Morgan fingerprint density at radius 1 is 1.55 bits per heavy atom. The van der Waals surface area contributed by atoms with Crippen LogP contribution in [-0.2, 0) is 9.53 Å². The molecule has 62 valence electrons. The van der Waals surface area contributed by atoms with E-state index >= 15 is 0 Å². The summed E-state index contributed by atoms with van der Waals surface area (Å²) in [4.78, 5) is 11.2. The van der Waals surface area contributed by atoms with Crippen LogP contribution in [0.3, 0.4) is 0 Å². The second kappa shape index (κ2) is 2.21. The largest absolute Gasteiger partial charge is 0.376 e. The molecule has 0 radical (unpaired) electrons. The van der Waals surface area contributed by atoms with Crippen molar-refractivity contribution >= 4 is 5.91 Å². The van der Waals surface area contributed by atoms with Crippen molar-refractivity contribution in [2.24, 2.45) is 5.92 Å². The molecule has 3 heteroatoms. The van der Waals surface area contributed by atoms with Crippen LogP contribution in [0.15, 0.2) is 0 Å². The third-order valence-corrected chi connectivity index (χ3v) is 2.21. The molecule has 1 N–H and O–H groups in total. The summed E-state index contributed by atoms with van der Waals surface area (Å²) in [6.07, 6.45) is 2.14. The van der Waals surface area contributed by atoms with Crippen LogP contribution in [0, 0.1) is 5.92 Å².